The summed E-state index contributed by atoms with van der Waals surface area (Å²) < 4.78 is 14.0. The molecule has 1 aliphatic rings. The summed E-state index contributed by atoms with van der Waals surface area (Å²) in [6.07, 6.45) is 2.41. The predicted molar refractivity (Wildman–Crippen MR) is 82.7 cm³/mol. The molecule has 3 rings (SSSR count). The lowest BCUT2D eigenvalue weighted by atomic mass is 10.0. The minimum Gasteiger partial charge on any atom is -0.508 e. The molecule has 1 N–H and O–H groups in total. The minimum atomic E-state index is -0.138. The van der Waals surface area contributed by atoms with E-state index in [4.69, 9.17) is 0 Å². The maximum absolute atomic E-state index is 14.0. The zero-order chi connectivity index (χ0) is 14.8. The summed E-state index contributed by atoms with van der Waals surface area (Å²) in [5, 5.41) is 9.61. The average molecular weight is 285 g/mol. The van der Waals surface area contributed by atoms with Crippen LogP contribution in [0.1, 0.15) is 24.0 Å². The highest BCUT2D eigenvalue weighted by atomic mass is 19.1. The molecule has 110 valence electrons. The minimum absolute atomic E-state index is 0.138. The molecule has 2 aromatic rings. The first-order valence-corrected chi connectivity index (χ1v) is 7.44. The van der Waals surface area contributed by atoms with Crippen molar-refractivity contribution in [3.63, 3.8) is 0 Å². The van der Waals surface area contributed by atoms with E-state index < -0.39 is 0 Å². The van der Waals surface area contributed by atoms with Crippen LogP contribution in [0.4, 0.5) is 4.39 Å². The first kappa shape index (κ1) is 14.1. The molecule has 0 unspecified atom stereocenters. The first-order chi connectivity index (χ1) is 10.1. The Morgan fingerprint density at radius 2 is 1.71 bits per heavy atom. The number of aromatic hydroxyl groups is 1. The van der Waals surface area contributed by atoms with Crippen LogP contribution in [0.2, 0.25) is 0 Å². The Hall–Kier alpha value is -1.87. The normalized spacial score (nSPS) is 15.5. The Balaban J connectivity index is 1.90. The molecule has 0 bridgehead atoms. The smallest absolute Gasteiger partial charge is 0.127 e. The Bertz CT molecular complexity index is 648. The Morgan fingerprint density at radius 3 is 2.43 bits per heavy atom. The summed E-state index contributed by atoms with van der Waals surface area (Å²) in [5.41, 5.74) is 3.58. The molecule has 21 heavy (non-hydrogen) atoms. The van der Waals surface area contributed by atoms with Crippen LogP contribution in [0.5, 0.6) is 5.75 Å². The van der Waals surface area contributed by atoms with Gasteiger partial charge in [-0.05, 0) is 73.8 Å². The maximum atomic E-state index is 14.0. The average Bonchev–Trinajstić information content (AvgIpc) is 2.97. The molecular weight excluding hydrogens is 265 g/mol. The fourth-order valence-corrected chi connectivity index (χ4v) is 2.89. The second-order valence-electron chi connectivity index (χ2n) is 5.79. The van der Waals surface area contributed by atoms with Gasteiger partial charge in [-0.1, -0.05) is 12.1 Å². The monoisotopic (exact) mass is 285 g/mol. The molecule has 1 aliphatic heterocycles. The van der Waals surface area contributed by atoms with Crippen molar-refractivity contribution in [3.8, 4) is 16.9 Å². The third kappa shape index (κ3) is 3.08. The van der Waals surface area contributed by atoms with Gasteiger partial charge in [0.05, 0.1) is 0 Å². The molecule has 0 saturated carbocycles. The van der Waals surface area contributed by atoms with Gasteiger partial charge in [-0.25, -0.2) is 4.39 Å². The fourth-order valence-electron chi connectivity index (χ4n) is 2.89. The molecule has 1 fully saturated rings. The molecule has 0 aliphatic carbocycles. The molecule has 0 amide bonds. The number of benzene rings is 2. The number of nitrogens with zero attached hydrogens (tertiary/aromatic N) is 1. The summed E-state index contributed by atoms with van der Waals surface area (Å²) in [7, 11) is 0. The molecule has 3 heteroatoms. The topological polar surface area (TPSA) is 23.5 Å². The van der Waals surface area contributed by atoms with Crippen LogP contribution < -0.4 is 0 Å². The van der Waals surface area contributed by atoms with Crippen molar-refractivity contribution >= 4 is 0 Å². The Morgan fingerprint density at radius 1 is 1.05 bits per heavy atom. The van der Waals surface area contributed by atoms with Crippen LogP contribution in [0.3, 0.4) is 0 Å². The largest absolute Gasteiger partial charge is 0.508 e. The van der Waals surface area contributed by atoms with Crippen molar-refractivity contribution in [2.24, 2.45) is 0 Å². The highest BCUT2D eigenvalue weighted by molar-refractivity contribution is 5.66. The summed E-state index contributed by atoms with van der Waals surface area (Å²) in [6.45, 7) is 4.66. The zero-order valence-electron chi connectivity index (χ0n) is 12.3. The van der Waals surface area contributed by atoms with Gasteiger partial charge in [-0.15, -0.1) is 0 Å². The van der Waals surface area contributed by atoms with E-state index in [-0.39, 0.29) is 11.6 Å². The highest BCUT2D eigenvalue weighted by Crippen LogP contribution is 2.27. The summed E-state index contributed by atoms with van der Waals surface area (Å²) >= 11 is 0. The highest BCUT2D eigenvalue weighted by Gasteiger charge is 2.14. The SMILES string of the molecule is Cc1cc(-c2ccc(F)c(CN3CCCC3)c2)ccc1O. The molecule has 0 atom stereocenters. The van der Waals surface area contributed by atoms with Crippen LogP contribution >= 0.6 is 0 Å². The number of aryl methyl sites for hydroxylation is 1. The number of phenolic OH excluding ortho intramolecular Hbond substituents is 1. The Labute approximate surface area is 124 Å². The summed E-state index contributed by atoms with van der Waals surface area (Å²) in [5.74, 6) is 0.152. The van der Waals surface area contributed by atoms with Crippen molar-refractivity contribution in [2.75, 3.05) is 13.1 Å². The zero-order valence-corrected chi connectivity index (χ0v) is 12.3. The van der Waals surface area contributed by atoms with Gasteiger partial charge in [0.2, 0.25) is 0 Å². The van der Waals surface area contributed by atoms with Crippen LogP contribution in [0.25, 0.3) is 11.1 Å². The van der Waals surface area contributed by atoms with E-state index in [1.54, 1.807) is 18.2 Å². The summed E-state index contributed by atoms with van der Waals surface area (Å²) in [6, 6.07) is 10.8. The quantitative estimate of drug-likeness (QED) is 0.917. The van der Waals surface area contributed by atoms with E-state index in [9.17, 15) is 9.50 Å². The molecule has 0 radical (unpaired) electrons. The standard InChI is InChI=1S/C18H20FNO/c1-13-10-14(5-7-18(13)21)15-4-6-17(19)16(11-15)12-20-8-2-3-9-20/h4-7,10-11,21H,2-3,8-9,12H2,1H3. The van der Waals surface area contributed by atoms with Crippen LogP contribution in [-0.4, -0.2) is 23.1 Å². The number of rotatable bonds is 3. The second kappa shape index (κ2) is 5.86. The molecule has 0 aromatic heterocycles. The van der Waals surface area contributed by atoms with Crippen molar-refractivity contribution in [3.05, 3.63) is 53.3 Å². The van der Waals surface area contributed by atoms with E-state index in [1.165, 1.54) is 12.8 Å². The van der Waals surface area contributed by atoms with E-state index in [2.05, 4.69) is 4.90 Å². The van der Waals surface area contributed by atoms with Crippen LogP contribution in [-0.2, 0) is 6.54 Å². The number of hydrogen-bond acceptors (Lipinski definition) is 2. The molecule has 2 nitrogen and oxygen atoms in total. The fraction of sp³-hybridized carbons (Fsp3) is 0.333. The maximum Gasteiger partial charge on any atom is 0.127 e. The molecule has 1 saturated heterocycles. The number of hydrogen-bond donors (Lipinski definition) is 1. The molecule has 2 aromatic carbocycles. The third-order valence-corrected chi connectivity index (χ3v) is 4.17. The van der Waals surface area contributed by atoms with Gasteiger partial charge in [0.25, 0.3) is 0 Å². The van der Waals surface area contributed by atoms with Gasteiger partial charge in [-0.3, -0.25) is 4.90 Å². The van der Waals surface area contributed by atoms with E-state index >= 15 is 0 Å². The number of halogens is 1. The summed E-state index contributed by atoms with van der Waals surface area (Å²) in [4.78, 5) is 2.30. The lowest BCUT2D eigenvalue weighted by molar-refractivity contribution is 0.325. The van der Waals surface area contributed by atoms with Gasteiger partial charge < -0.3 is 5.11 Å². The van der Waals surface area contributed by atoms with E-state index in [1.807, 2.05) is 25.1 Å². The van der Waals surface area contributed by atoms with E-state index in [0.29, 0.717) is 6.54 Å². The lowest BCUT2D eigenvalue weighted by Gasteiger charge is -2.16. The van der Waals surface area contributed by atoms with E-state index in [0.717, 1.165) is 35.3 Å². The lowest BCUT2D eigenvalue weighted by Crippen LogP contribution is -2.19. The van der Waals surface area contributed by atoms with Gasteiger partial charge in [0, 0.05) is 12.1 Å². The first-order valence-electron chi connectivity index (χ1n) is 7.44. The predicted octanol–water partition coefficient (Wildman–Crippen LogP) is 4.10. The molecule has 1 heterocycles. The van der Waals surface area contributed by atoms with Crippen molar-refractivity contribution < 1.29 is 9.50 Å². The van der Waals surface area contributed by atoms with Crippen molar-refractivity contribution in [2.45, 2.75) is 26.3 Å². The van der Waals surface area contributed by atoms with Gasteiger partial charge in [0.1, 0.15) is 11.6 Å². The molecular formula is C18H20FNO. The third-order valence-electron chi connectivity index (χ3n) is 4.17. The van der Waals surface area contributed by atoms with Gasteiger partial charge in [0.15, 0.2) is 0 Å². The number of likely N-dealkylation sites (tertiary alicyclic amines) is 1. The van der Waals surface area contributed by atoms with Crippen LogP contribution in [0.15, 0.2) is 36.4 Å². The van der Waals surface area contributed by atoms with Crippen LogP contribution in [0, 0.1) is 12.7 Å². The van der Waals surface area contributed by atoms with Crippen molar-refractivity contribution in [1.82, 2.24) is 4.90 Å². The molecule has 0 spiro atoms. The van der Waals surface area contributed by atoms with Crippen molar-refractivity contribution in [1.29, 1.82) is 0 Å². The second-order valence-corrected chi connectivity index (χ2v) is 5.79. The van der Waals surface area contributed by atoms with Gasteiger partial charge >= 0.3 is 0 Å². The Kier molecular flexibility index (Phi) is 3.93. The number of phenols is 1. The van der Waals surface area contributed by atoms with Gasteiger partial charge in [-0.2, -0.15) is 0 Å².